The van der Waals surface area contributed by atoms with Crippen LogP contribution >= 0.6 is 27.5 Å². The molecule has 0 aliphatic rings. The number of benzene rings is 2. The number of halogens is 2. The van der Waals surface area contributed by atoms with Crippen molar-refractivity contribution < 1.29 is 14.3 Å². The van der Waals surface area contributed by atoms with Gasteiger partial charge in [0, 0.05) is 17.3 Å². The molecule has 2 aromatic carbocycles. The van der Waals surface area contributed by atoms with Crippen LogP contribution in [0, 0.1) is 0 Å². The summed E-state index contributed by atoms with van der Waals surface area (Å²) in [6.07, 6.45) is 2.30. The van der Waals surface area contributed by atoms with E-state index in [-0.39, 0.29) is 22.2 Å². The third-order valence-electron chi connectivity index (χ3n) is 4.79. The summed E-state index contributed by atoms with van der Waals surface area (Å²) in [7, 11) is 0. The molecule has 9 heteroatoms. The van der Waals surface area contributed by atoms with Crippen molar-refractivity contribution in [1.82, 2.24) is 9.66 Å². The van der Waals surface area contributed by atoms with Crippen LogP contribution < -0.4 is 15.0 Å². The summed E-state index contributed by atoms with van der Waals surface area (Å²) < 4.78 is 12.9. The minimum atomic E-state index is -0.507. The Morgan fingerprint density at radius 2 is 2.06 bits per heavy atom. The van der Waals surface area contributed by atoms with E-state index in [9.17, 15) is 9.59 Å². The molecule has 0 N–H and O–H groups in total. The molecule has 1 aromatic heterocycles. The molecule has 0 aliphatic heterocycles. The largest absolute Gasteiger partial charge is 0.490 e. The van der Waals surface area contributed by atoms with Gasteiger partial charge in [0.05, 0.1) is 28.7 Å². The monoisotopic (exact) mass is 519 g/mol. The molecule has 0 amide bonds. The van der Waals surface area contributed by atoms with Gasteiger partial charge in [-0.25, -0.2) is 4.98 Å². The fourth-order valence-electron chi connectivity index (χ4n) is 3.07. The quantitative estimate of drug-likeness (QED) is 0.232. The average Bonchev–Trinajstić information content (AvgIpc) is 2.75. The second kappa shape index (κ2) is 10.3. The molecule has 0 saturated heterocycles. The van der Waals surface area contributed by atoms with Crippen molar-refractivity contribution in [3.63, 3.8) is 0 Å². The Labute approximate surface area is 199 Å². The predicted octanol–water partition coefficient (Wildman–Crippen LogP) is 5.53. The van der Waals surface area contributed by atoms with Crippen molar-refractivity contribution >= 4 is 50.6 Å². The van der Waals surface area contributed by atoms with Crippen molar-refractivity contribution in [2.24, 2.45) is 5.10 Å². The van der Waals surface area contributed by atoms with Gasteiger partial charge in [-0.1, -0.05) is 41.4 Å². The lowest BCUT2D eigenvalue weighted by atomic mass is 10.1. The van der Waals surface area contributed by atoms with Gasteiger partial charge in [0.2, 0.25) is 0 Å². The van der Waals surface area contributed by atoms with Crippen molar-refractivity contribution in [3.05, 3.63) is 61.6 Å². The highest BCUT2D eigenvalue weighted by Gasteiger charge is 2.17. The van der Waals surface area contributed by atoms with Gasteiger partial charge in [-0.2, -0.15) is 9.78 Å². The maximum atomic E-state index is 13.2. The third-order valence-corrected chi connectivity index (χ3v) is 5.56. The highest BCUT2D eigenvalue weighted by atomic mass is 79.9. The summed E-state index contributed by atoms with van der Waals surface area (Å²) in [4.78, 5) is 29.3. The van der Waals surface area contributed by atoms with E-state index in [4.69, 9.17) is 26.1 Å². The number of ether oxygens (including phenoxy) is 2. The van der Waals surface area contributed by atoms with E-state index >= 15 is 0 Å². The molecule has 1 atom stereocenters. The smallest absolute Gasteiger partial charge is 0.308 e. The van der Waals surface area contributed by atoms with E-state index in [1.165, 1.54) is 17.8 Å². The third kappa shape index (κ3) is 5.19. The Morgan fingerprint density at radius 1 is 1.31 bits per heavy atom. The predicted molar refractivity (Wildman–Crippen MR) is 129 cm³/mol. The van der Waals surface area contributed by atoms with E-state index in [1.54, 1.807) is 18.2 Å². The Bertz CT molecular complexity index is 1260. The fourth-order valence-corrected chi connectivity index (χ4v) is 3.69. The minimum absolute atomic E-state index is 0.0156. The van der Waals surface area contributed by atoms with Crippen molar-refractivity contribution in [3.8, 4) is 11.5 Å². The number of hydrogen-bond donors (Lipinski definition) is 0. The number of hydrogen-bond acceptors (Lipinski definition) is 6. The topological polar surface area (TPSA) is 82.8 Å². The molecule has 1 heterocycles. The van der Waals surface area contributed by atoms with Gasteiger partial charge in [-0.15, -0.1) is 0 Å². The number of esters is 1. The number of aromatic nitrogens is 2. The molecule has 168 valence electrons. The number of fused-ring (bicyclic) bond motifs is 1. The van der Waals surface area contributed by atoms with E-state index in [1.807, 2.05) is 32.9 Å². The van der Waals surface area contributed by atoms with Gasteiger partial charge >= 0.3 is 5.97 Å². The Morgan fingerprint density at radius 3 is 2.72 bits per heavy atom. The van der Waals surface area contributed by atoms with E-state index in [0.29, 0.717) is 34.6 Å². The normalized spacial score (nSPS) is 12.3. The molecule has 3 rings (SSSR count). The first-order valence-electron chi connectivity index (χ1n) is 10.2. The van der Waals surface area contributed by atoms with Crippen LogP contribution in [0.15, 0.2) is 44.7 Å². The van der Waals surface area contributed by atoms with E-state index in [2.05, 4.69) is 21.0 Å². The van der Waals surface area contributed by atoms with Crippen LogP contribution in [0.25, 0.3) is 10.9 Å². The Balaban J connectivity index is 2.14. The zero-order valence-electron chi connectivity index (χ0n) is 18.2. The molecular formula is C23H23BrClN3O4. The Kier molecular flexibility index (Phi) is 7.69. The van der Waals surface area contributed by atoms with Crippen molar-refractivity contribution in [2.45, 2.75) is 40.0 Å². The Hall–Kier alpha value is -2.71. The molecule has 7 nitrogen and oxygen atoms in total. The second-order valence-electron chi connectivity index (χ2n) is 7.16. The summed E-state index contributed by atoms with van der Waals surface area (Å²) >= 11 is 9.73. The van der Waals surface area contributed by atoms with Gasteiger partial charge in [-0.3, -0.25) is 9.59 Å². The molecule has 0 spiro atoms. The summed E-state index contributed by atoms with van der Waals surface area (Å²) in [5, 5.41) is 5.09. The van der Waals surface area contributed by atoms with Gasteiger partial charge in [0.25, 0.3) is 5.56 Å². The molecule has 0 unspecified atom stereocenters. The van der Waals surface area contributed by atoms with E-state index in [0.717, 1.165) is 10.9 Å². The van der Waals surface area contributed by atoms with Crippen LogP contribution in [0.5, 0.6) is 11.5 Å². The lowest BCUT2D eigenvalue weighted by Crippen LogP contribution is -2.23. The van der Waals surface area contributed by atoms with Crippen LogP contribution in [-0.4, -0.2) is 28.5 Å². The standard InChI is InChI=1S/C23H23BrClN3O4/c1-5-13(3)22-27-19-8-7-16(24)11-17(19)23(30)28(22)26-12-15-9-18(25)21(32-14(4)29)20(10-15)31-6-2/h7-13H,5-6H2,1-4H3/t13-/m1/s1. The molecule has 32 heavy (non-hydrogen) atoms. The number of carbonyl (C=O) groups excluding carboxylic acids is 1. The summed E-state index contributed by atoms with van der Waals surface area (Å²) in [6.45, 7) is 7.47. The molecule has 0 fully saturated rings. The molecule has 0 bridgehead atoms. The van der Waals surface area contributed by atoms with Crippen molar-refractivity contribution in [2.75, 3.05) is 6.61 Å². The zero-order chi connectivity index (χ0) is 23.4. The summed E-state index contributed by atoms with van der Waals surface area (Å²) in [5.41, 5.74) is 0.925. The van der Waals surface area contributed by atoms with Crippen LogP contribution in [0.1, 0.15) is 51.4 Å². The molecular weight excluding hydrogens is 498 g/mol. The average molecular weight is 521 g/mol. The molecule has 3 aromatic rings. The number of nitrogens with zero attached hydrogens (tertiary/aromatic N) is 3. The highest BCUT2D eigenvalue weighted by Crippen LogP contribution is 2.36. The first-order valence-corrected chi connectivity index (χ1v) is 11.3. The zero-order valence-corrected chi connectivity index (χ0v) is 20.5. The lowest BCUT2D eigenvalue weighted by molar-refractivity contribution is -0.132. The van der Waals surface area contributed by atoms with Gasteiger partial charge in [0.1, 0.15) is 5.82 Å². The maximum absolute atomic E-state index is 13.2. The van der Waals surface area contributed by atoms with Crippen molar-refractivity contribution in [1.29, 1.82) is 0 Å². The fraction of sp³-hybridized carbons (Fsp3) is 0.304. The van der Waals surface area contributed by atoms with Gasteiger partial charge in [0.15, 0.2) is 11.5 Å². The minimum Gasteiger partial charge on any atom is -0.490 e. The van der Waals surface area contributed by atoms with Crippen LogP contribution in [0.3, 0.4) is 0 Å². The first kappa shape index (κ1) is 23.9. The maximum Gasteiger partial charge on any atom is 0.308 e. The number of carbonyl (C=O) groups is 1. The summed E-state index contributed by atoms with van der Waals surface area (Å²) in [6, 6.07) is 8.63. The second-order valence-corrected chi connectivity index (χ2v) is 8.48. The highest BCUT2D eigenvalue weighted by molar-refractivity contribution is 9.10. The summed E-state index contributed by atoms with van der Waals surface area (Å²) in [5.74, 6) is 0.532. The van der Waals surface area contributed by atoms with Gasteiger partial charge < -0.3 is 9.47 Å². The number of rotatable bonds is 7. The van der Waals surface area contributed by atoms with Crippen LogP contribution in [-0.2, 0) is 4.79 Å². The molecule has 0 aliphatic carbocycles. The first-order chi connectivity index (χ1) is 15.2. The van der Waals surface area contributed by atoms with E-state index < -0.39 is 5.97 Å². The molecule has 0 radical (unpaired) electrons. The van der Waals surface area contributed by atoms with Gasteiger partial charge in [-0.05, 0) is 49.2 Å². The lowest BCUT2D eigenvalue weighted by Gasteiger charge is -2.14. The van der Waals surface area contributed by atoms with Crippen LogP contribution in [0.2, 0.25) is 5.02 Å². The van der Waals surface area contributed by atoms with Crippen LogP contribution in [0.4, 0.5) is 0 Å². The SMILES string of the molecule is CCOc1cc(C=Nn2c([C@H](C)CC)nc3ccc(Br)cc3c2=O)cc(Cl)c1OC(C)=O. The molecule has 0 saturated carbocycles.